The lowest BCUT2D eigenvalue weighted by Gasteiger charge is -2.16. The number of sulfonamides is 1. The Morgan fingerprint density at radius 1 is 1.52 bits per heavy atom. The second-order valence-corrected chi connectivity index (χ2v) is 8.69. The summed E-state index contributed by atoms with van der Waals surface area (Å²) in [4.78, 5) is 16.3. The Kier molecular flexibility index (Phi) is 4.42. The van der Waals surface area contributed by atoms with Gasteiger partial charge in [0.25, 0.3) is 0 Å². The molecule has 2 heterocycles. The van der Waals surface area contributed by atoms with Crippen LogP contribution < -0.4 is 5.32 Å². The molecule has 0 aromatic carbocycles. The summed E-state index contributed by atoms with van der Waals surface area (Å²) in [5.41, 5.74) is 0.842. The average molecular weight is 337 g/mol. The Balaban J connectivity index is 1.54. The zero-order chi connectivity index (χ0) is 16.5. The van der Waals surface area contributed by atoms with Gasteiger partial charge in [0.15, 0.2) is 0 Å². The highest BCUT2D eigenvalue weighted by atomic mass is 32.2. The molecule has 6 nitrogen and oxygen atoms in total. The third-order valence-corrected chi connectivity index (χ3v) is 6.92. The van der Waals surface area contributed by atoms with Gasteiger partial charge in [0.05, 0.1) is 5.75 Å². The van der Waals surface area contributed by atoms with Crippen LogP contribution in [0.4, 0.5) is 0 Å². The van der Waals surface area contributed by atoms with Crippen molar-refractivity contribution in [3.63, 3.8) is 0 Å². The van der Waals surface area contributed by atoms with Crippen LogP contribution in [0.1, 0.15) is 31.7 Å². The molecule has 0 radical (unpaired) electrons. The molecule has 1 saturated heterocycles. The molecule has 2 atom stereocenters. The fraction of sp³-hybridized carbons (Fsp3) is 0.625. The van der Waals surface area contributed by atoms with Crippen LogP contribution in [0, 0.1) is 11.3 Å². The van der Waals surface area contributed by atoms with Gasteiger partial charge in [-0.15, -0.1) is 0 Å². The van der Waals surface area contributed by atoms with Crippen LogP contribution in [0.3, 0.4) is 0 Å². The highest BCUT2D eigenvalue weighted by molar-refractivity contribution is 7.89. The number of carbonyl (C=O) groups excluding carboxylic acids is 1. The summed E-state index contributed by atoms with van der Waals surface area (Å²) in [6, 6.07) is 3.76. The Bertz CT molecular complexity index is 677. The summed E-state index contributed by atoms with van der Waals surface area (Å²) >= 11 is 0. The maximum absolute atomic E-state index is 12.3. The van der Waals surface area contributed by atoms with Crippen molar-refractivity contribution < 1.29 is 13.2 Å². The molecule has 1 aromatic rings. The molecule has 23 heavy (non-hydrogen) atoms. The van der Waals surface area contributed by atoms with Crippen molar-refractivity contribution in [3.8, 4) is 0 Å². The number of carbonyl (C=O) groups is 1. The molecule has 7 heteroatoms. The Hall–Kier alpha value is -1.47. The third-order valence-electron chi connectivity index (χ3n) is 4.90. The molecular formula is C16H23N3O3S. The first-order valence-corrected chi connectivity index (χ1v) is 9.72. The highest BCUT2D eigenvalue weighted by Gasteiger charge is 2.61. The summed E-state index contributed by atoms with van der Waals surface area (Å²) in [5, 5.41) is 2.94. The number of hydrogen-bond donors (Lipinski definition) is 1. The molecule has 1 saturated carbocycles. The predicted molar refractivity (Wildman–Crippen MR) is 86.9 cm³/mol. The van der Waals surface area contributed by atoms with Crippen LogP contribution >= 0.6 is 0 Å². The van der Waals surface area contributed by atoms with E-state index in [-0.39, 0.29) is 23.0 Å². The van der Waals surface area contributed by atoms with Crippen LogP contribution in [-0.4, -0.2) is 42.5 Å². The van der Waals surface area contributed by atoms with Gasteiger partial charge >= 0.3 is 0 Å². The van der Waals surface area contributed by atoms with Gasteiger partial charge in [-0.1, -0.05) is 13.0 Å². The van der Waals surface area contributed by atoms with Gasteiger partial charge in [0, 0.05) is 37.9 Å². The largest absolute Gasteiger partial charge is 0.352 e. The maximum atomic E-state index is 12.3. The van der Waals surface area contributed by atoms with E-state index in [2.05, 4.69) is 10.3 Å². The zero-order valence-corrected chi connectivity index (χ0v) is 14.2. The maximum Gasteiger partial charge on any atom is 0.224 e. The predicted octanol–water partition coefficient (Wildman–Crippen LogP) is 1.15. The van der Waals surface area contributed by atoms with Gasteiger partial charge in [0.2, 0.25) is 15.9 Å². The Morgan fingerprint density at radius 3 is 3.04 bits per heavy atom. The first-order valence-electron chi connectivity index (χ1n) is 8.11. The van der Waals surface area contributed by atoms with Gasteiger partial charge < -0.3 is 5.32 Å². The third kappa shape index (κ3) is 3.40. The molecule has 3 rings (SSSR count). The van der Waals surface area contributed by atoms with Crippen molar-refractivity contribution in [1.82, 2.24) is 14.6 Å². The Morgan fingerprint density at radius 2 is 2.35 bits per heavy atom. The van der Waals surface area contributed by atoms with Crippen molar-refractivity contribution in [3.05, 3.63) is 30.1 Å². The van der Waals surface area contributed by atoms with Gasteiger partial charge in [-0.25, -0.2) is 12.7 Å². The zero-order valence-electron chi connectivity index (χ0n) is 13.4. The standard InChI is InChI=1S/C16H23N3O3S/c1-2-8-23(21,22)19-7-5-16(12-19)9-14(16)15(20)18-11-13-4-3-6-17-10-13/h3-4,6,10,14H,2,5,7-9,11-12H2,1H3,(H,18,20)/t14-,16-/m1/s1. The summed E-state index contributed by atoms with van der Waals surface area (Å²) in [7, 11) is -3.15. The summed E-state index contributed by atoms with van der Waals surface area (Å²) in [5.74, 6) is 0.172. The van der Waals surface area contributed by atoms with Gasteiger partial charge in [-0.2, -0.15) is 0 Å². The van der Waals surface area contributed by atoms with Crippen molar-refractivity contribution in [2.24, 2.45) is 11.3 Å². The van der Waals surface area contributed by atoms with Crippen molar-refractivity contribution in [2.75, 3.05) is 18.8 Å². The van der Waals surface area contributed by atoms with Gasteiger partial charge in [0.1, 0.15) is 0 Å². The number of rotatable bonds is 6. The van der Waals surface area contributed by atoms with E-state index in [4.69, 9.17) is 0 Å². The first kappa shape index (κ1) is 16.4. The Labute approximate surface area is 137 Å². The van der Waals surface area contributed by atoms with E-state index < -0.39 is 10.0 Å². The number of nitrogens with zero attached hydrogens (tertiary/aromatic N) is 2. The minimum absolute atomic E-state index is 0.0311. The fourth-order valence-electron chi connectivity index (χ4n) is 3.47. The van der Waals surface area contributed by atoms with E-state index in [1.165, 1.54) is 0 Å². The second kappa shape index (κ2) is 6.20. The highest BCUT2D eigenvalue weighted by Crippen LogP contribution is 2.58. The van der Waals surface area contributed by atoms with Crippen LogP contribution in [0.2, 0.25) is 0 Å². The number of amides is 1. The molecule has 1 amide bonds. The van der Waals surface area contributed by atoms with E-state index in [0.29, 0.717) is 26.1 Å². The van der Waals surface area contributed by atoms with Gasteiger partial charge in [-0.05, 0) is 36.3 Å². The summed E-state index contributed by atoms with van der Waals surface area (Å²) in [6.07, 6.45) is 5.65. The lowest BCUT2D eigenvalue weighted by atomic mass is 10.0. The molecule has 1 aromatic heterocycles. The lowest BCUT2D eigenvalue weighted by Crippen LogP contribution is -2.32. The number of nitrogens with one attached hydrogen (secondary N) is 1. The van der Waals surface area contributed by atoms with E-state index in [0.717, 1.165) is 18.4 Å². The van der Waals surface area contributed by atoms with Crippen LogP contribution in [0.15, 0.2) is 24.5 Å². The number of pyridine rings is 1. The summed E-state index contributed by atoms with van der Waals surface area (Å²) < 4.78 is 25.9. The first-order chi connectivity index (χ1) is 11.0. The number of hydrogen-bond acceptors (Lipinski definition) is 4. The summed E-state index contributed by atoms with van der Waals surface area (Å²) in [6.45, 7) is 3.39. The van der Waals surface area contributed by atoms with E-state index in [9.17, 15) is 13.2 Å². The van der Waals surface area contributed by atoms with Crippen LogP contribution in [0.25, 0.3) is 0 Å². The minimum Gasteiger partial charge on any atom is -0.352 e. The minimum atomic E-state index is -3.15. The van der Waals surface area contributed by atoms with Crippen molar-refractivity contribution in [2.45, 2.75) is 32.7 Å². The van der Waals surface area contributed by atoms with Crippen molar-refractivity contribution >= 4 is 15.9 Å². The quantitative estimate of drug-likeness (QED) is 0.844. The van der Waals surface area contributed by atoms with Crippen molar-refractivity contribution in [1.29, 1.82) is 0 Å². The normalized spacial score (nSPS) is 27.3. The molecule has 1 N–H and O–H groups in total. The van der Waals surface area contributed by atoms with Crippen LogP contribution in [0.5, 0.6) is 0 Å². The molecule has 2 aliphatic rings. The van der Waals surface area contributed by atoms with E-state index in [1.54, 1.807) is 16.7 Å². The van der Waals surface area contributed by atoms with E-state index >= 15 is 0 Å². The fourth-order valence-corrected chi connectivity index (χ4v) is 5.06. The monoisotopic (exact) mass is 337 g/mol. The van der Waals surface area contributed by atoms with E-state index in [1.807, 2.05) is 19.1 Å². The topological polar surface area (TPSA) is 79.4 Å². The molecule has 0 unspecified atom stereocenters. The molecule has 126 valence electrons. The molecule has 1 spiro atoms. The average Bonchev–Trinajstić information content (AvgIpc) is 3.05. The smallest absolute Gasteiger partial charge is 0.224 e. The van der Waals surface area contributed by atoms with Gasteiger partial charge in [-0.3, -0.25) is 9.78 Å². The molecule has 2 fully saturated rings. The lowest BCUT2D eigenvalue weighted by molar-refractivity contribution is -0.123. The second-order valence-electron chi connectivity index (χ2n) is 6.60. The molecular weight excluding hydrogens is 314 g/mol. The SMILES string of the molecule is CCCS(=O)(=O)N1CC[C@@]2(C[C@@H]2C(=O)NCc2cccnc2)C1. The number of aromatic nitrogens is 1. The molecule has 1 aliphatic heterocycles. The molecule has 0 bridgehead atoms. The van der Waals surface area contributed by atoms with Crippen LogP contribution in [-0.2, 0) is 21.4 Å². The molecule has 1 aliphatic carbocycles.